The van der Waals surface area contributed by atoms with Crippen molar-refractivity contribution in [2.24, 2.45) is 0 Å². The van der Waals surface area contributed by atoms with Gasteiger partial charge in [-0.05, 0) is 5.56 Å². The van der Waals surface area contributed by atoms with E-state index in [0.717, 1.165) is 5.56 Å². The van der Waals surface area contributed by atoms with Gasteiger partial charge in [0.1, 0.15) is 0 Å². The molecular formula is C8H10F2N2O. The molecule has 1 aromatic rings. The van der Waals surface area contributed by atoms with Gasteiger partial charge in [-0.1, -0.05) is 6.07 Å². The van der Waals surface area contributed by atoms with Gasteiger partial charge in [-0.3, -0.25) is 4.79 Å². The molecule has 72 valence electrons. The number of nitrogens with one attached hydrogen (secondary N) is 2. The largest absolute Gasteiger partial charge is 0.329 e. The molecule has 0 atom stereocenters. The van der Waals surface area contributed by atoms with Gasteiger partial charge in [-0.2, -0.15) is 0 Å². The van der Waals surface area contributed by atoms with E-state index in [1.807, 2.05) is 0 Å². The van der Waals surface area contributed by atoms with Crippen LogP contribution in [0.1, 0.15) is 5.56 Å². The van der Waals surface area contributed by atoms with Crippen LogP contribution in [-0.2, 0) is 6.54 Å². The van der Waals surface area contributed by atoms with Crippen molar-refractivity contribution < 1.29 is 8.78 Å². The second-order valence-electron chi connectivity index (χ2n) is 2.58. The van der Waals surface area contributed by atoms with Crippen LogP contribution in [0, 0.1) is 0 Å². The normalized spacial score (nSPS) is 10.7. The molecule has 0 aliphatic carbocycles. The van der Waals surface area contributed by atoms with Gasteiger partial charge >= 0.3 is 0 Å². The summed E-state index contributed by atoms with van der Waals surface area (Å²) < 4.78 is 23.4. The Labute approximate surface area is 73.8 Å². The number of hydrogen-bond donors (Lipinski definition) is 2. The Morgan fingerprint density at radius 2 is 2.23 bits per heavy atom. The molecule has 2 N–H and O–H groups in total. The van der Waals surface area contributed by atoms with Crippen LogP contribution in [0.25, 0.3) is 0 Å². The maximum absolute atomic E-state index is 11.7. The zero-order valence-corrected chi connectivity index (χ0v) is 6.89. The molecule has 0 spiro atoms. The lowest BCUT2D eigenvalue weighted by molar-refractivity contribution is 0.145. The van der Waals surface area contributed by atoms with Crippen molar-refractivity contribution in [1.29, 1.82) is 0 Å². The van der Waals surface area contributed by atoms with Crippen molar-refractivity contribution in [2.75, 3.05) is 6.54 Å². The number of halogens is 2. The van der Waals surface area contributed by atoms with Crippen molar-refractivity contribution in [2.45, 2.75) is 13.0 Å². The van der Waals surface area contributed by atoms with Gasteiger partial charge in [0.25, 0.3) is 6.43 Å². The van der Waals surface area contributed by atoms with Gasteiger partial charge < -0.3 is 10.3 Å². The Kier molecular flexibility index (Phi) is 3.57. The minimum absolute atomic E-state index is 0.197. The lowest BCUT2D eigenvalue weighted by atomic mass is 10.3. The fourth-order valence-electron chi connectivity index (χ4n) is 0.878. The molecule has 3 nitrogen and oxygen atoms in total. The first-order valence-corrected chi connectivity index (χ1v) is 3.85. The minimum atomic E-state index is -2.34. The fourth-order valence-corrected chi connectivity index (χ4v) is 0.878. The molecule has 0 bridgehead atoms. The van der Waals surface area contributed by atoms with E-state index in [4.69, 9.17) is 0 Å². The number of pyridine rings is 1. The van der Waals surface area contributed by atoms with Crippen LogP contribution in [0.4, 0.5) is 8.78 Å². The number of hydrogen-bond acceptors (Lipinski definition) is 2. The first-order chi connectivity index (χ1) is 6.18. The smallest absolute Gasteiger partial charge is 0.250 e. The van der Waals surface area contributed by atoms with Gasteiger partial charge in [0, 0.05) is 18.8 Å². The van der Waals surface area contributed by atoms with Crippen LogP contribution in [0.15, 0.2) is 23.1 Å². The van der Waals surface area contributed by atoms with Crippen LogP contribution >= 0.6 is 0 Å². The average molecular weight is 188 g/mol. The van der Waals surface area contributed by atoms with E-state index in [2.05, 4.69) is 10.3 Å². The number of alkyl halides is 2. The highest BCUT2D eigenvalue weighted by atomic mass is 19.3. The molecule has 0 fully saturated rings. The summed E-state index contributed by atoms with van der Waals surface area (Å²) in [6, 6.07) is 2.96. The zero-order chi connectivity index (χ0) is 9.68. The Balaban J connectivity index is 2.37. The van der Waals surface area contributed by atoms with Crippen LogP contribution in [0.2, 0.25) is 0 Å². The third-order valence-corrected chi connectivity index (χ3v) is 1.48. The summed E-state index contributed by atoms with van der Waals surface area (Å²) in [6.45, 7) is 0.000244. The Bertz CT molecular complexity index is 291. The third-order valence-electron chi connectivity index (χ3n) is 1.48. The van der Waals surface area contributed by atoms with Crippen molar-refractivity contribution in [1.82, 2.24) is 10.3 Å². The van der Waals surface area contributed by atoms with Gasteiger partial charge in [0.2, 0.25) is 5.56 Å². The lowest BCUT2D eigenvalue weighted by Gasteiger charge is -2.02. The van der Waals surface area contributed by atoms with Gasteiger partial charge in [-0.15, -0.1) is 0 Å². The van der Waals surface area contributed by atoms with Crippen LogP contribution in [0.3, 0.4) is 0 Å². The topological polar surface area (TPSA) is 44.9 Å². The molecule has 0 amide bonds. The van der Waals surface area contributed by atoms with E-state index < -0.39 is 6.43 Å². The summed E-state index contributed by atoms with van der Waals surface area (Å²) in [7, 11) is 0. The Hall–Kier alpha value is -1.23. The summed E-state index contributed by atoms with van der Waals surface area (Å²) in [4.78, 5) is 13.1. The first-order valence-electron chi connectivity index (χ1n) is 3.85. The summed E-state index contributed by atoms with van der Waals surface area (Å²) in [5.41, 5.74) is 0.581. The number of rotatable bonds is 4. The van der Waals surface area contributed by atoms with Gasteiger partial charge in [0.05, 0.1) is 6.54 Å². The number of aromatic amines is 1. The highest BCUT2D eigenvalue weighted by molar-refractivity contribution is 5.07. The third kappa shape index (κ3) is 3.80. The van der Waals surface area contributed by atoms with E-state index in [1.54, 1.807) is 6.07 Å². The Morgan fingerprint density at radius 3 is 2.77 bits per heavy atom. The molecule has 13 heavy (non-hydrogen) atoms. The van der Waals surface area contributed by atoms with E-state index in [9.17, 15) is 13.6 Å². The summed E-state index contributed by atoms with van der Waals surface area (Å²) in [6.07, 6.45) is -0.844. The molecule has 0 aliphatic rings. The SMILES string of the molecule is O=c1ccc(CNCC(F)F)c[nH]1. The quantitative estimate of drug-likeness (QED) is 0.731. The predicted molar refractivity (Wildman–Crippen MR) is 44.8 cm³/mol. The fraction of sp³-hybridized carbons (Fsp3) is 0.375. The maximum Gasteiger partial charge on any atom is 0.250 e. The van der Waals surface area contributed by atoms with E-state index >= 15 is 0 Å². The molecule has 1 aromatic heterocycles. The molecule has 0 saturated carbocycles. The molecule has 1 rings (SSSR count). The second kappa shape index (κ2) is 4.71. The molecule has 0 unspecified atom stereocenters. The summed E-state index contributed by atoms with van der Waals surface area (Å²) in [5.74, 6) is 0. The average Bonchev–Trinajstić information content (AvgIpc) is 2.08. The predicted octanol–water partition coefficient (Wildman–Crippen LogP) is 0.730. The number of aromatic nitrogens is 1. The summed E-state index contributed by atoms with van der Waals surface area (Å²) >= 11 is 0. The van der Waals surface area contributed by atoms with E-state index in [-0.39, 0.29) is 12.1 Å². The van der Waals surface area contributed by atoms with Crippen molar-refractivity contribution >= 4 is 0 Å². The van der Waals surface area contributed by atoms with Crippen molar-refractivity contribution in [3.05, 3.63) is 34.2 Å². The van der Waals surface area contributed by atoms with Gasteiger partial charge in [-0.25, -0.2) is 8.78 Å². The van der Waals surface area contributed by atoms with E-state index in [0.29, 0.717) is 6.54 Å². The molecule has 0 aromatic carbocycles. The molecule has 0 aliphatic heterocycles. The molecule has 0 radical (unpaired) electrons. The zero-order valence-electron chi connectivity index (χ0n) is 6.89. The highest BCUT2D eigenvalue weighted by Crippen LogP contribution is 1.93. The second-order valence-corrected chi connectivity index (χ2v) is 2.58. The Morgan fingerprint density at radius 1 is 1.46 bits per heavy atom. The maximum atomic E-state index is 11.7. The highest BCUT2D eigenvalue weighted by Gasteiger charge is 2.00. The first kappa shape index (κ1) is 9.85. The molecule has 5 heteroatoms. The monoisotopic (exact) mass is 188 g/mol. The van der Waals surface area contributed by atoms with Crippen LogP contribution in [-0.4, -0.2) is 18.0 Å². The molecular weight excluding hydrogens is 178 g/mol. The van der Waals surface area contributed by atoms with Gasteiger partial charge in [0.15, 0.2) is 0 Å². The van der Waals surface area contributed by atoms with Crippen LogP contribution < -0.4 is 10.9 Å². The standard InChI is InChI=1S/C8H10F2N2O/c9-7(10)5-11-3-6-1-2-8(13)12-4-6/h1-2,4,7,11H,3,5H2,(H,12,13). The van der Waals surface area contributed by atoms with E-state index in [1.165, 1.54) is 12.3 Å². The van der Waals surface area contributed by atoms with Crippen molar-refractivity contribution in [3.8, 4) is 0 Å². The molecule has 0 saturated heterocycles. The van der Waals surface area contributed by atoms with Crippen LogP contribution in [0.5, 0.6) is 0 Å². The number of H-pyrrole nitrogens is 1. The molecule has 1 heterocycles. The van der Waals surface area contributed by atoms with Crippen molar-refractivity contribution in [3.63, 3.8) is 0 Å². The minimum Gasteiger partial charge on any atom is -0.329 e. The lowest BCUT2D eigenvalue weighted by Crippen LogP contribution is -2.21. The summed E-state index contributed by atoms with van der Waals surface area (Å²) in [5, 5.41) is 2.55.